The maximum Gasteiger partial charge on any atom is 0.405 e. The van der Waals surface area contributed by atoms with E-state index in [2.05, 4.69) is 26.1 Å². The lowest BCUT2D eigenvalue weighted by Crippen LogP contribution is -2.42. The predicted molar refractivity (Wildman–Crippen MR) is 113 cm³/mol. The standard InChI is InChI=1S/C22H28NO4Si/c1-22(2,3)16-11-12-17(19(14-16)27-28(4)5)20(24)18(23-21(25)26)13-15-9-7-6-8-10-15/h6-12,14,18,23H,13H2,1-5H3,(H,25,26)/t18-/m0/s1. The van der Waals surface area contributed by atoms with Crippen LogP contribution in [0.15, 0.2) is 48.5 Å². The first-order valence-electron chi connectivity index (χ1n) is 9.28. The second-order valence-electron chi connectivity index (χ2n) is 8.03. The normalized spacial score (nSPS) is 12.5. The molecule has 0 aliphatic carbocycles. The average Bonchev–Trinajstić information content (AvgIpc) is 2.60. The lowest BCUT2D eigenvalue weighted by Gasteiger charge is -2.23. The Morgan fingerprint density at radius 1 is 1.11 bits per heavy atom. The zero-order chi connectivity index (χ0) is 20.9. The van der Waals surface area contributed by atoms with Gasteiger partial charge in [0.15, 0.2) is 5.78 Å². The van der Waals surface area contributed by atoms with E-state index in [1.165, 1.54) is 0 Å². The fraction of sp³-hybridized carbons (Fsp3) is 0.364. The van der Waals surface area contributed by atoms with E-state index in [0.29, 0.717) is 11.3 Å². The molecule has 1 radical (unpaired) electrons. The summed E-state index contributed by atoms with van der Waals surface area (Å²) in [5.74, 6) is 0.242. The minimum atomic E-state index is -1.22. The highest BCUT2D eigenvalue weighted by Gasteiger charge is 2.27. The summed E-state index contributed by atoms with van der Waals surface area (Å²) in [7, 11) is -1.10. The molecule has 0 aromatic heterocycles. The van der Waals surface area contributed by atoms with Gasteiger partial charge in [-0.15, -0.1) is 0 Å². The number of ketones is 1. The van der Waals surface area contributed by atoms with E-state index in [9.17, 15) is 14.7 Å². The maximum absolute atomic E-state index is 13.3. The van der Waals surface area contributed by atoms with Crippen LogP contribution in [0.3, 0.4) is 0 Å². The maximum atomic E-state index is 13.3. The van der Waals surface area contributed by atoms with Crippen LogP contribution in [-0.2, 0) is 11.8 Å². The zero-order valence-corrected chi connectivity index (χ0v) is 18.1. The fourth-order valence-corrected chi connectivity index (χ4v) is 3.50. The Morgan fingerprint density at radius 2 is 1.75 bits per heavy atom. The molecule has 1 atom stereocenters. The highest BCUT2D eigenvalue weighted by Crippen LogP contribution is 2.30. The van der Waals surface area contributed by atoms with Crippen molar-refractivity contribution in [2.45, 2.75) is 51.7 Å². The largest absolute Gasteiger partial charge is 0.542 e. The Hall–Kier alpha value is -2.60. The molecule has 0 heterocycles. The van der Waals surface area contributed by atoms with Gasteiger partial charge in [0, 0.05) is 6.42 Å². The molecule has 5 nitrogen and oxygen atoms in total. The summed E-state index contributed by atoms with van der Waals surface area (Å²) in [4.78, 5) is 24.5. The molecule has 2 aromatic carbocycles. The minimum Gasteiger partial charge on any atom is -0.542 e. The van der Waals surface area contributed by atoms with Crippen LogP contribution >= 0.6 is 0 Å². The Bertz CT molecular complexity index is 828. The first kappa shape index (κ1) is 21.7. The Balaban J connectivity index is 2.42. The number of carboxylic acid groups (broad SMARTS) is 1. The van der Waals surface area contributed by atoms with Crippen LogP contribution < -0.4 is 9.74 Å². The molecule has 0 saturated carbocycles. The number of nitrogens with one attached hydrogen (secondary N) is 1. The molecule has 0 fully saturated rings. The molecule has 0 aliphatic rings. The number of benzene rings is 2. The van der Waals surface area contributed by atoms with Crippen molar-refractivity contribution in [3.8, 4) is 5.75 Å². The van der Waals surface area contributed by atoms with E-state index < -0.39 is 21.2 Å². The fourth-order valence-electron chi connectivity index (χ4n) is 2.89. The van der Waals surface area contributed by atoms with Crippen molar-refractivity contribution in [3.63, 3.8) is 0 Å². The molecule has 2 N–H and O–H groups in total. The SMILES string of the molecule is C[Si](C)Oc1cc(C(C)(C)C)ccc1C(=O)[C@H](Cc1ccccc1)NC(=O)O. The molecule has 0 unspecified atom stereocenters. The molecule has 6 heteroatoms. The van der Waals surface area contributed by atoms with Crippen LogP contribution in [-0.4, -0.2) is 32.1 Å². The van der Waals surface area contributed by atoms with Gasteiger partial charge >= 0.3 is 6.09 Å². The molecule has 2 rings (SSSR count). The third-order valence-electron chi connectivity index (χ3n) is 4.32. The second kappa shape index (κ2) is 9.06. The van der Waals surface area contributed by atoms with E-state index in [4.69, 9.17) is 4.43 Å². The third kappa shape index (κ3) is 5.95. The topological polar surface area (TPSA) is 75.6 Å². The van der Waals surface area contributed by atoms with Gasteiger partial charge in [0.25, 0.3) is 9.04 Å². The summed E-state index contributed by atoms with van der Waals surface area (Å²) >= 11 is 0. The lowest BCUT2D eigenvalue weighted by atomic mass is 9.85. The van der Waals surface area contributed by atoms with Gasteiger partial charge in [-0.2, -0.15) is 0 Å². The van der Waals surface area contributed by atoms with Gasteiger partial charge in [0.2, 0.25) is 0 Å². The molecular weight excluding hydrogens is 370 g/mol. The van der Waals surface area contributed by atoms with Gasteiger partial charge in [0.1, 0.15) is 5.75 Å². The molecule has 0 saturated heterocycles. The number of carbonyl (C=O) groups is 2. The van der Waals surface area contributed by atoms with Gasteiger partial charge in [-0.05, 0) is 41.8 Å². The van der Waals surface area contributed by atoms with Crippen molar-refractivity contribution in [1.82, 2.24) is 5.32 Å². The number of amides is 1. The lowest BCUT2D eigenvalue weighted by molar-refractivity contribution is 0.0934. The van der Waals surface area contributed by atoms with Crippen molar-refractivity contribution in [2.75, 3.05) is 0 Å². The average molecular weight is 399 g/mol. The van der Waals surface area contributed by atoms with Crippen LogP contribution in [0.2, 0.25) is 13.1 Å². The number of rotatable bonds is 7. The van der Waals surface area contributed by atoms with Gasteiger partial charge in [0.05, 0.1) is 11.6 Å². The van der Waals surface area contributed by atoms with Crippen molar-refractivity contribution in [2.24, 2.45) is 0 Å². The van der Waals surface area contributed by atoms with E-state index in [-0.39, 0.29) is 17.6 Å². The van der Waals surface area contributed by atoms with Gasteiger partial charge in [-0.25, -0.2) is 4.79 Å². The molecule has 0 spiro atoms. The van der Waals surface area contributed by atoms with Crippen molar-refractivity contribution in [3.05, 3.63) is 65.2 Å². The first-order valence-corrected chi connectivity index (χ1v) is 11.7. The zero-order valence-electron chi connectivity index (χ0n) is 17.1. The quantitative estimate of drug-likeness (QED) is 0.525. The van der Waals surface area contributed by atoms with Crippen molar-refractivity contribution in [1.29, 1.82) is 0 Å². The Labute approximate surface area is 168 Å². The summed E-state index contributed by atoms with van der Waals surface area (Å²) in [5.41, 5.74) is 2.28. The molecule has 0 bridgehead atoms. The number of Topliss-reactive ketones (excluding diaryl/α,β-unsaturated/α-hetero) is 1. The van der Waals surface area contributed by atoms with Gasteiger partial charge in [-0.3, -0.25) is 4.79 Å². The first-order chi connectivity index (χ1) is 13.1. The molecule has 0 aliphatic heterocycles. The Morgan fingerprint density at radius 3 is 2.29 bits per heavy atom. The van der Waals surface area contributed by atoms with Crippen LogP contribution in [0.5, 0.6) is 5.75 Å². The minimum absolute atomic E-state index is 0.0865. The summed E-state index contributed by atoms with van der Waals surface area (Å²) in [6.45, 7) is 10.3. The third-order valence-corrected chi connectivity index (χ3v) is 4.95. The van der Waals surface area contributed by atoms with E-state index in [1.807, 2.05) is 55.6 Å². The molecule has 1 amide bonds. The predicted octanol–water partition coefficient (Wildman–Crippen LogP) is 4.68. The highest BCUT2D eigenvalue weighted by atomic mass is 28.3. The number of hydrogen-bond acceptors (Lipinski definition) is 3. The molecular formula is C22H28NO4Si. The smallest absolute Gasteiger partial charge is 0.405 e. The van der Waals surface area contributed by atoms with Crippen molar-refractivity contribution < 1.29 is 19.1 Å². The monoisotopic (exact) mass is 398 g/mol. The van der Waals surface area contributed by atoms with Crippen LogP contribution in [0.25, 0.3) is 0 Å². The molecule has 149 valence electrons. The van der Waals surface area contributed by atoms with Crippen LogP contribution in [0, 0.1) is 0 Å². The second-order valence-corrected chi connectivity index (χ2v) is 10.0. The Kier molecular flexibility index (Phi) is 7.02. The van der Waals surface area contributed by atoms with Crippen molar-refractivity contribution >= 4 is 20.9 Å². The number of carbonyl (C=O) groups excluding carboxylic acids is 1. The molecule has 28 heavy (non-hydrogen) atoms. The summed E-state index contributed by atoms with van der Waals surface area (Å²) in [6, 6.07) is 14.1. The summed E-state index contributed by atoms with van der Waals surface area (Å²) < 4.78 is 6.01. The van der Waals surface area contributed by atoms with E-state index in [0.717, 1.165) is 11.1 Å². The van der Waals surface area contributed by atoms with Gasteiger partial charge in [-0.1, -0.05) is 57.2 Å². The highest BCUT2D eigenvalue weighted by molar-refractivity contribution is 6.49. The van der Waals surface area contributed by atoms with Crippen LogP contribution in [0.4, 0.5) is 4.79 Å². The van der Waals surface area contributed by atoms with E-state index >= 15 is 0 Å². The summed E-state index contributed by atoms with van der Waals surface area (Å²) in [5, 5.41) is 11.6. The summed E-state index contributed by atoms with van der Waals surface area (Å²) in [6.07, 6.45) is -0.943. The molecule has 2 aromatic rings. The number of hydrogen-bond donors (Lipinski definition) is 2. The van der Waals surface area contributed by atoms with Gasteiger partial charge < -0.3 is 14.8 Å². The van der Waals surface area contributed by atoms with E-state index in [1.54, 1.807) is 6.07 Å². The van der Waals surface area contributed by atoms with Crippen LogP contribution in [0.1, 0.15) is 42.3 Å².